The van der Waals surface area contributed by atoms with Crippen LogP contribution < -0.4 is 5.32 Å². The molecule has 1 heterocycles. The van der Waals surface area contributed by atoms with Gasteiger partial charge in [-0.2, -0.15) is 0 Å². The molecule has 0 bridgehead atoms. The Bertz CT molecular complexity index is 106. The number of nitrogens with one attached hydrogen (secondary N) is 1. The largest absolute Gasteiger partial charge is 0.311 e. The van der Waals surface area contributed by atoms with Crippen molar-refractivity contribution in [2.45, 2.75) is 26.8 Å². The van der Waals surface area contributed by atoms with E-state index in [2.05, 4.69) is 31.0 Å². The molecule has 66 valence electrons. The van der Waals surface area contributed by atoms with Gasteiger partial charge in [0.05, 0.1) is 0 Å². The van der Waals surface area contributed by atoms with Crippen LogP contribution in [0.1, 0.15) is 20.8 Å². The van der Waals surface area contributed by atoms with Crippen LogP contribution in [0.25, 0.3) is 0 Å². The molecule has 0 atom stereocenters. The first-order valence-electron chi connectivity index (χ1n) is 4.68. The van der Waals surface area contributed by atoms with Crippen molar-refractivity contribution in [3.05, 3.63) is 0 Å². The highest BCUT2D eigenvalue weighted by Gasteiger charge is 2.23. The molecule has 1 fully saturated rings. The molecule has 0 unspecified atom stereocenters. The molecule has 11 heavy (non-hydrogen) atoms. The lowest BCUT2D eigenvalue weighted by Crippen LogP contribution is -2.58. The lowest BCUT2D eigenvalue weighted by molar-refractivity contribution is 0.132. The van der Waals surface area contributed by atoms with Crippen molar-refractivity contribution in [3.63, 3.8) is 0 Å². The second-order valence-electron chi connectivity index (χ2n) is 3.85. The predicted molar refractivity (Wildman–Crippen MR) is 48.7 cm³/mol. The van der Waals surface area contributed by atoms with Gasteiger partial charge in [-0.25, -0.2) is 0 Å². The van der Waals surface area contributed by atoms with Crippen LogP contribution in [-0.4, -0.2) is 37.1 Å². The first kappa shape index (κ1) is 9.01. The van der Waals surface area contributed by atoms with E-state index in [1.165, 1.54) is 26.2 Å². The zero-order valence-electron chi connectivity index (χ0n) is 7.93. The molecule has 0 amide bonds. The van der Waals surface area contributed by atoms with Crippen molar-refractivity contribution < 1.29 is 0 Å². The molecule has 1 aliphatic heterocycles. The fourth-order valence-corrected chi connectivity index (χ4v) is 1.36. The number of hydrogen-bond acceptors (Lipinski definition) is 2. The van der Waals surface area contributed by atoms with Gasteiger partial charge < -0.3 is 10.2 Å². The van der Waals surface area contributed by atoms with E-state index in [1.807, 2.05) is 0 Å². The fraction of sp³-hybridized carbons (Fsp3) is 1.00. The zero-order valence-corrected chi connectivity index (χ0v) is 7.93. The van der Waals surface area contributed by atoms with Crippen molar-refractivity contribution in [2.75, 3.05) is 26.2 Å². The maximum absolute atomic E-state index is 3.54. The Kier molecular flexibility index (Phi) is 3.34. The van der Waals surface area contributed by atoms with Crippen LogP contribution in [0, 0.1) is 5.92 Å². The van der Waals surface area contributed by atoms with Crippen LogP contribution in [0.2, 0.25) is 0 Å². The number of likely N-dealkylation sites (tertiary alicyclic amines) is 1. The van der Waals surface area contributed by atoms with Gasteiger partial charge >= 0.3 is 0 Å². The lowest BCUT2D eigenvalue weighted by Gasteiger charge is -2.39. The fourth-order valence-electron chi connectivity index (χ4n) is 1.36. The van der Waals surface area contributed by atoms with E-state index in [1.54, 1.807) is 0 Å². The number of nitrogens with zero attached hydrogens (tertiary/aromatic N) is 1. The van der Waals surface area contributed by atoms with E-state index in [0.717, 1.165) is 12.0 Å². The minimum atomic E-state index is 0.775. The molecule has 0 aliphatic carbocycles. The minimum absolute atomic E-state index is 0.775. The standard InChI is InChI=1S/C9H20N2/c1-4-11-6-9(7-11)10-5-8(2)3/h8-10H,4-7H2,1-3H3. The molecule has 0 saturated carbocycles. The van der Waals surface area contributed by atoms with Crippen molar-refractivity contribution in [1.82, 2.24) is 10.2 Å². The summed E-state index contributed by atoms with van der Waals surface area (Å²) in [7, 11) is 0. The van der Waals surface area contributed by atoms with Crippen LogP contribution >= 0.6 is 0 Å². The van der Waals surface area contributed by atoms with Crippen molar-refractivity contribution in [2.24, 2.45) is 5.92 Å². The number of likely N-dealkylation sites (N-methyl/N-ethyl adjacent to an activating group) is 1. The van der Waals surface area contributed by atoms with Crippen LogP contribution in [0.3, 0.4) is 0 Å². The normalized spacial score (nSPS) is 20.7. The van der Waals surface area contributed by atoms with E-state index in [9.17, 15) is 0 Å². The maximum Gasteiger partial charge on any atom is 0.0322 e. The zero-order chi connectivity index (χ0) is 8.27. The highest BCUT2D eigenvalue weighted by molar-refractivity contribution is 4.84. The average Bonchev–Trinajstić information content (AvgIpc) is 1.84. The number of rotatable bonds is 4. The highest BCUT2D eigenvalue weighted by atomic mass is 15.2. The summed E-state index contributed by atoms with van der Waals surface area (Å²) in [6.07, 6.45) is 0. The first-order valence-corrected chi connectivity index (χ1v) is 4.68. The Labute approximate surface area is 70.0 Å². The molecular weight excluding hydrogens is 136 g/mol. The molecule has 1 saturated heterocycles. The van der Waals surface area contributed by atoms with E-state index < -0.39 is 0 Å². The summed E-state index contributed by atoms with van der Waals surface area (Å²) >= 11 is 0. The third-order valence-electron chi connectivity index (χ3n) is 2.22. The monoisotopic (exact) mass is 156 g/mol. The van der Waals surface area contributed by atoms with Crippen molar-refractivity contribution in [1.29, 1.82) is 0 Å². The molecule has 0 aromatic heterocycles. The number of hydrogen-bond donors (Lipinski definition) is 1. The molecule has 0 aromatic rings. The first-order chi connectivity index (χ1) is 5.22. The lowest BCUT2D eigenvalue weighted by atomic mass is 10.1. The Hall–Kier alpha value is -0.0800. The van der Waals surface area contributed by atoms with Gasteiger partial charge in [0.25, 0.3) is 0 Å². The SMILES string of the molecule is CCN1CC(NCC(C)C)C1. The third kappa shape index (κ3) is 2.80. The van der Waals surface area contributed by atoms with Crippen LogP contribution in [0.15, 0.2) is 0 Å². The van der Waals surface area contributed by atoms with E-state index in [0.29, 0.717) is 0 Å². The summed E-state index contributed by atoms with van der Waals surface area (Å²) < 4.78 is 0. The highest BCUT2D eigenvalue weighted by Crippen LogP contribution is 2.06. The molecule has 2 heteroatoms. The second kappa shape index (κ2) is 4.07. The van der Waals surface area contributed by atoms with Gasteiger partial charge in [-0.05, 0) is 19.0 Å². The van der Waals surface area contributed by atoms with Gasteiger partial charge in [-0.15, -0.1) is 0 Å². The quantitative estimate of drug-likeness (QED) is 0.651. The smallest absolute Gasteiger partial charge is 0.0322 e. The Morgan fingerprint density at radius 2 is 2.09 bits per heavy atom. The van der Waals surface area contributed by atoms with Gasteiger partial charge in [0, 0.05) is 19.1 Å². The topological polar surface area (TPSA) is 15.3 Å². The Morgan fingerprint density at radius 3 is 2.55 bits per heavy atom. The van der Waals surface area contributed by atoms with Crippen LogP contribution in [0.4, 0.5) is 0 Å². The molecule has 1 aliphatic rings. The maximum atomic E-state index is 3.54. The molecule has 0 aromatic carbocycles. The van der Waals surface area contributed by atoms with Gasteiger partial charge in [-0.3, -0.25) is 0 Å². The average molecular weight is 156 g/mol. The van der Waals surface area contributed by atoms with E-state index in [-0.39, 0.29) is 0 Å². The molecule has 1 N–H and O–H groups in total. The third-order valence-corrected chi connectivity index (χ3v) is 2.22. The summed E-state index contributed by atoms with van der Waals surface area (Å²) in [5, 5.41) is 3.54. The Morgan fingerprint density at radius 1 is 1.45 bits per heavy atom. The molecule has 0 radical (unpaired) electrons. The molecular formula is C9H20N2. The molecule has 2 nitrogen and oxygen atoms in total. The van der Waals surface area contributed by atoms with Gasteiger partial charge in [0.15, 0.2) is 0 Å². The van der Waals surface area contributed by atoms with Gasteiger partial charge in [-0.1, -0.05) is 20.8 Å². The minimum Gasteiger partial charge on any atom is -0.311 e. The van der Waals surface area contributed by atoms with Gasteiger partial charge in [0.1, 0.15) is 0 Å². The van der Waals surface area contributed by atoms with E-state index >= 15 is 0 Å². The summed E-state index contributed by atoms with van der Waals surface area (Å²) in [6.45, 7) is 11.6. The van der Waals surface area contributed by atoms with Crippen molar-refractivity contribution in [3.8, 4) is 0 Å². The van der Waals surface area contributed by atoms with Gasteiger partial charge in [0.2, 0.25) is 0 Å². The van der Waals surface area contributed by atoms with E-state index in [4.69, 9.17) is 0 Å². The molecule has 0 spiro atoms. The summed E-state index contributed by atoms with van der Waals surface area (Å²) in [6, 6.07) is 0.775. The summed E-state index contributed by atoms with van der Waals surface area (Å²) in [4.78, 5) is 2.46. The second-order valence-corrected chi connectivity index (χ2v) is 3.85. The molecule has 1 rings (SSSR count). The summed E-state index contributed by atoms with van der Waals surface area (Å²) in [5.41, 5.74) is 0. The summed E-state index contributed by atoms with van der Waals surface area (Å²) in [5.74, 6) is 0.783. The Balaban J connectivity index is 1.96. The van der Waals surface area contributed by atoms with Crippen molar-refractivity contribution >= 4 is 0 Å². The predicted octanol–water partition coefficient (Wildman–Crippen LogP) is 0.936. The van der Waals surface area contributed by atoms with Crippen LogP contribution in [0.5, 0.6) is 0 Å². The van der Waals surface area contributed by atoms with Crippen LogP contribution in [-0.2, 0) is 0 Å².